The Morgan fingerprint density at radius 2 is 2.23 bits per heavy atom. The van der Waals surface area contributed by atoms with Crippen LogP contribution < -0.4 is 5.32 Å². The minimum atomic E-state index is -1.18. The summed E-state index contributed by atoms with van der Waals surface area (Å²) < 4.78 is 0. The van der Waals surface area contributed by atoms with E-state index in [9.17, 15) is 19.5 Å². The number of rotatable bonds is 5. The summed E-state index contributed by atoms with van der Waals surface area (Å²) in [5, 5.41) is 11.7. The highest BCUT2D eigenvalue weighted by Gasteiger charge is 2.46. The van der Waals surface area contributed by atoms with Gasteiger partial charge in [-0.05, 0) is 25.5 Å². The number of amides is 2. The molecule has 7 heteroatoms. The molecule has 0 saturated carbocycles. The van der Waals surface area contributed by atoms with Gasteiger partial charge < -0.3 is 15.3 Å². The maximum atomic E-state index is 12.6. The fourth-order valence-electron chi connectivity index (χ4n) is 2.54. The lowest BCUT2D eigenvalue weighted by Gasteiger charge is -2.42. The molecule has 2 aliphatic heterocycles. The predicted octanol–water partition coefficient (Wildman–Crippen LogP) is 0.829. The van der Waals surface area contributed by atoms with Gasteiger partial charge in [0.25, 0.3) is 5.91 Å². The first-order chi connectivity index (χ1) is 10.4. The highest BCUT2D eigenvalue weighted by atomic mass is 16.4. The Bertz CT molecular complexity index is 594. The van der Waals surface area contributed by atoms with E-state index in [1.54, 1.807) is 36.3 Å². The zero-order valence-electron chi connectivity index (χ0n) is 12.6. The second-order valence-electron chi connectivity index (χ2n) is 5.54. The van der Waals surface area contributed by atoms with Gasteiger partial charge in [0, 0.05) is 6.20 Å². The summed E-state index contributed by atoms with van der Waals surface area (Å²) in [6.07, 6.45) is 7.64. The molecule has 2 aliphatic rings. The number of aliphatic imine (C=N–C) groups is 1. The van der Waals surface area contributed by atoms with E-state index in [1.165, 1.54) is 0 Å². The van der Waals surface area contributed by atoms with Crippen molar-refractivity contribution in [2.45, 2.75) is 44.7 Å². The average Bonchev–Trinajstić information content (AvgIpc) is 2.46. The number of carboxylic acid groups (broad SMARTS) is 1. The summed E-state index contributed by atoms with van der Waals surface area (Å²) in [5.41, 5.74) is -1.18. The first-order valence-electron chi connectivity index (χ1n) is 7.18. The number of amidine groups is 1. The third kappa shape index (κ3) is 2.93. The van der Waals surface area contributed by atoms with Gasteiger partial charge in [0.1, 0.15) is 17.4 Å². The summed E-state index contributed by atoms with van der Waals surface area (Å²) in [6.45, 7) is 3.46. The Balaban J connectivity index is 2.25. The van der Waals surface area contributed by atoms with Gasteiger partial charge in [-0.3, -0.25) is 9.59 Å². The van der Waals surface area contributed by atoms with E-state index in [4.69, 9.17) is 0 Å². The molecule has 0 saturated heterocycles. The van der Waals surface area contributed by atoms with Gasteiger partial charge in [-0.1, -0.05) is 19.4 Å². The molecule has 0 spiro atoms. The molecule has 118 valence electrons. The molecule has 2 amide bonds. The number of nitrogens with zero attached hydrogens (tertiary/aromatic N) is 2. The van der Waals surface area contributed by atoms with Gasteiger partial charge in [-0.25, -0.2) is 4.79 Å². The molecular formula is C15H19N3O4. The first kappa shape index (κ1) is 15.9. The molecule has 0 aliphatic carbocycles. The lowest BCUT2D eigenvalue weighted by Crippen LogP contribution is -2.61. The summed E-state index contributed by atoms with van der Waals surface area (Å²) in [4.78, 5) is 41.2. The van der Waals surface area contributed by atoms with Crippen molar-refractivity contribution in [3.05, 3.63) is 24.4 Å². The van der Waals surface area contributed by atoms with Gasteiger partial charge in [0.2, 0.25) is 5.91 Å². The SMILES string of the molecule is CCCC(NC(=O)C1(C)CC(=O)N=C2C=CC=CN21)C(=O)O. The Morgan fingerprint density at radius 1 is 1.50 bits per heavy atom. The molecule has 0 bridgehead atoms. The van der Waals surface area contributed by atoms with Crippen LogP contribution in [0.5, 0.6) is 0 Å². The number of hydrogen-bond acceptors (Lipinski definition) is 4. The second-order valence-corrected chi connectivity index (χ2v) is 5.54. The molecule has 0 aromatic heterocycles. The number of fused-ring (bicyclic) bond motifs is 1. The summed E-state index contributed by atoms with van der Waals surface area (Å²) in [5.74, 6) is -1.58. The topological polar surface area (TPSA) is 99.1 Å². The molecule has 2 rings (SSSR count). The number of allylic oxidation sites excluding steroid dienone is 2. The van der Waals surface area contributed by atoms with Crippen LogP contribution in [0, 0.1) is 0 Å². The van der Waals surface area contributed by atoms with Crippen molar-refractivity contribution in [3.8, 4) is 0 Å². The van der Waals surface area contributed by atoms with Crippen molar-refractivity contribution in [1.29, 1.82) is 0 Å². The quantitative estimate of drug-likeness (QED) is 0.784. The Kier molecular flexibility index (Phi) is 4.44. The summed E-state index contributed by atoms with van der Waals surface area (Å²) >= 11 is 0. The zero-order valence-corrected chi connectivity index (χ0v) is 12.6. The van der Waals surface area contributed by atoms with Gasteiger partial charge in [0.15, 0.2) is 0 Å². The van der Waals surface area contributed by atoms with Gasteiger partial charge >= 0.3 is 5.97 Å². The van der Waals surface area contributed by atoms with Crippen molar-refractivity contribution in [2.24, 2.45) is 4.99 Å². The van der Waals surface area contributed by atoms with E-state index in [1.807, 2.05) is 6.92 Å². The Labute approximate surface area is 128 Å². The maximum absolute atomic E-state index is 12.6. The number of hydrogen-bond donors (Lipinski definition) is 2. The van der Waals surface area contributed by atoms with Crippen molar-refractivity contribution < 1.29 is 19.5 Å². The van der Waals surface area contributed by atoms with Crippen LogP contribution >= 0.6 is 0 Å². The second kappa shape index (κ2) is 6.13. The Morgan fingerprint density at radius 3 is 2.86 bits per heavy atom. The van der Waals surface area contributed by atoms with E-state index in [-0.39, 0.29) is 6.42 Å². The standard InChI is InChI=1S/C15H19N3O4/c1-3-6-10(13(20)21)16-14(22)15(2)9-12(19)17-11-7-4-5-8-18(11)15/h4-5,7-8,10H,3,6,9H2,1-2H3,(H,16,22)(H,20,21). The van der Waals surface area contributed by atoms with Gasteiger partial charge in [0.05, 0.1) is 6.42 Å². The van der Waals surface area contributed by atoms with Crippen LogP contribution in [0.15, 0.2) is 29.4 Å². The van der Waals surface area contributed by atoms with E-state index in [2.05, 4.69) is 10.3 Å². The number of nitrogens with one attached hydrogen (secondary N) is 1. The number of carbonyl (C=O) groups excluding carboxylic acids is 2. The highest BCUT2D eigenvalue weighted by Crippen LogP contribution is 2.28. The molecule has 0 aromatic rings. The lowest BCUT2D eigenvalue weighted by molar-refractivity contribution is -0.144. The van der Waals surface area contributed by atoms with Crippen LogP contribution in [-0.2, 0) is 14.4 Å². The van der Waals surface area contributed by atoms with Crippen molar-refractivity contribution in [1.82, 2.24) is 10.2 Å². The molecule has 7 nitrogen and oxygen atoms in total. The monoisotopic (exact) mass is 305 g/mol. The molecule has 2 heterocycles. The smallest absolute Gasteiger partial charge is 0.326 e. The maximum Gasteiger partial charge on any atom is 0.326 e. The summed E-state index contributed by atoms with van der Waals surface area (Å²) in [7, 11) is 0. The van der Waals surface area contributed by atoms with Gasteiger partial charge in [-0.2, -0.15) is 4.99 Å². The van der Waals surface area contributed by atoms with Crippen LogP contribution in [0.2, 0.25) is 0 Å². The molecule has 0 fully saturated rings. The minimum Gasteiger partial charge on any atom is -0.480 e. The van der Waals surface area contributed by atoms with E-state index < -0.39 is 29.4 Å². The third-order valence-electron chi connectivity index (χ3n) is 3.77. The first-order valence-corrected chi connectivity index (χ1v) is 7.18. The zero-order chi connectivity index (χ0) is 16.3. The predicted molar refractivity (Wildman–Crippen MR) is 80.1 cm³/mol. The molecular weight excluding hydrogens is 286 g/mol. The Hall–Kier alpha value is -2.44. The molecule has 0 aromatic carbocycles. The third-order valence-corrected chi connectivity index (χ3v) is 3.77. The highest BCUT2D eigenvalue weighted by molar-refractivity contribution is 6.09. The fraction of sp³-hybridized carbons (Fsp3) is 0.467. The molecule has 0 radical (unpaired) electrons. The van der Waals surface area contributed by atoms with E-state index in [0.29, 0.717) is 18.7 Å². The van der Waals surface area contributed by atoms with Crippen molar-refractivity contribution in [2.75, 3.05) is 0 Å². The van der Waals surface area contributed by atoms with Crippen LogP contribution in [0.3, 0.4) is 0 Å². The average molecular weight is 305 g/mol. The lowest BCUT2D eigenvalue weighted by atomic mass is 9.90. The van der Waals surface area contributed by atoms with Crippen molar-refractivity contribution >= 4 is 23.6 Å². The van der Waals surface area contributed by atoms with Crippen LogP contribution in [0.4, 0.5) is 0 Å². The molecule has 22 heavy (non-hydrogen) atoms. The molecule has 2 atom stereocenters. The normalized spacial score (nSPS) is 24.5. The van der Waals surface area contributed by atoms with E-state index >= 15 is 0 Å². The summed E-state index contributed by atoms with van der Waals surface area (Å²) in [6, 6.07) is -0.962. The van der Waals surface area contributed by atoms with Gasteiger partial charge in [-0.15, -0.1) is 0 Å². The molecule has 2 unspecified atom stereocenters. The minimum absolute atomic E-state index is 0.0982. The van der Waals surface area contributed by atoms with Crippen molar-refractivity contribution in [3.63, 3.8) is 0 Å². The fourth-order valence-corrected chi connectivity index (χ4v) is 2.54. The van der Waals surface area contributed by atoms with Crippen LogP contribution in [-0.4, -0.2) is 45.2 Å². The van der Waals surface area contributed by atoms with E-state index in [0.717, 1.165) is 0 Å². The largest absolute Gasteiger partial charge is 0.480 e. The van der Waals surface area contributed by atoms with Crippen LogP contribution in [0.1, 0.15) is 33.1 Å². The molecule has 2 N–H and O–H groups in total. The van der Waals surface area contributed by atoms with Crippen LogP contribution in [0.25, 0.3) is 0 Å². The number of aliphatic carboxylic acids is 1. The number of carbonyl (C=O) groups is 3. The number of carboxylic acids is 1.